The molecule has 8 nitrogen and oxygen atoms in total. The van der Waals surface area contributed by atoms with Gasteiger partial charge in [-0.25, -0.2) is 0 Å². The van der Waals surface area contributed by atoms with Crippen molar-refractivity contribution in [3.05, 3.63) is 62.1 Å². The standard InChI is InChI=1S/C16H11BrN4O4/c1-8-6-11-13(12(17)7-8)18-16(23)14(11)19-20-15(22)9-2-4-10(5-3-9)21(24)25/h2-7,18,23H,1H3. The topological polar surface area (TPSA) is 121 Å². The van der Waals surface area contributed by atoms with Gasteiger partial charge < -0.3 is 10.1 Å². The van der Waals surface area contributed by atoms with Crippen LogP contribution in [0.4, 0.5) is 11.4 Å². The maximum Gasteiger partial charge on any atom is 0.295 e. The van der Waals surface area contributed by atoms with E-state index in [9.17, 15) is 20.0 Å². The van der Waals surface area contributed by atoms with E-state index in [1.807, 2.05) is 13.0 Å². The number of azo groups is 1. The van der Waals surface area contributed by atoms with Gasteiger partial charge in [-0.05, 0) is 52.7 Å². The number of halogens is 1. The lowest BCUT2D eigenvalue weighted by Crippen LogP contribution is -1.94. The van der Waals surface area contributed by atoms with Crippen LogP contribution in [0.2, 0.25) is 0 Å². The van der Waals surface area contributed by atoms with Gasteiger partial charge in [0, 0.05) is 27.6 Å². The number of nitro groups is 1. The first-order valence-corrected chi connectivity index (χ1v) is 7.87. The van der Waals surface area contributed by atoms with Crippen LogP contribution in [0.5, 0.6) is 5.88 Å². The summed E-state index contributed by atoms with van der Waals surface area (Å²) in [4.78, 5) is 24.9. The third-order valence-electron chi connectivity index (χ3n) is 3.52. The van der Waals surface area contributed by atoms with Gasteiger partial charge in [-0.3, -0.25) is 14.9 Å². The lowest BCUT2D eigenvalue weighted by atomic mass is 10.1. The van der Waals surface area contributed by atoms with Gasteiger partial charge in [0.2, 0.25) is 5.88 Å². The van der Waals surface area contributed by atoms with Crippen molar-refractivity contribution in [3.63, 3.8) is 0 Å². The number of carbonyl (C=O) groups excluding carboxylic acids is 1. The number of fused-ring (bicyclic) bond motifs is 1. The average molecular weight is 403 g/mol. The molecule has 0 unspecified atom stereocenters. The summed E-state index contributed by atoms with van der Waals surface area (Å²) in [6, 6.07) is 8.71. The fourth-order valence-electron chi connectivity index (χ4n) is 2.34. The number of carbonyl (C=O) groups is 1. The third kappa shape index (κ3) is 3.26. The number of aromatic hydroxyl groups is 1. The highest BCUT2D eigenvalue weighted by Crippen LogP contribution is 2.39. The van der Waals surface area contributed by atoms with Gasteiger partial charge in [-0.2, -0.15) is 0 Å². The highest BCUT2D eigenvalue weighted by atomic mass is 79.9. The van der Waals surface area contributed by atoms with Crippen LogP contribution in [0.3, 0.4) is 0 Å². The Morgan fingerprint density at radius 3 is 2.60 bits per heavy atom. The number of aryl methyl sites for hydroxylation is 1. The molecule has 1 heterocycles. The Morgan fingerprint density at radius 1 is 1.28 bits per heavy atom. The number of nitrogens with zero attached hydrogens (tertiary/aromatic N) is 3. The first kappa shape index (κ1) is 16.8. The van der Waals surface area contributed by atoms with Crippen LogP contribution in [0, 0.1) is 17.0 Å². The van der Waals surface area contributed by atoms with Crippen LogP contribution >= 0.6 is 15.9 Å². The first-order valence-electron chi connectivity index (χ1n) is 7.08. The number of amides is 1. The van der Waals surface area contributed by atoms with Gasteiger partial charge in [0.25, 0.3) is 11.6 Å². The molecular weight excluding hydrogens is 392 g/mol. The molecule has 0 aliphatic carbocycles. The highest BCUT2D eigenvalue weighted by molar-refractivity contribution is 9.10. The van der Waals surface area contributed by atoms with Crippen LogP contribution in [0.15, 0.2) is 51.1 Å². The minimum Gasteiger partial charge on any atom is -0.493 e. The molecule has 0 saturated heterocycles. The summed E-state index contributed by atoms with van der Waals surface area (Å²) >= 11 is 3.39. The summed E-state index contributed by atoms with van der Waals surface area (Å²) in [5, 5.41) is 28.7. The quantitative estimate of drug-likeness (QED) is 0.371. The Bertz CT molecular complexity index is 1020. The molecule has 0 saturated carbocycles. The van der Waals surface area contributed by atoms with Crippen molar-refractivity contribution in [1.82, 2.24) is 4.98 Å². The highest BCUT2D eigenvalue weighted by Gasteiger charge is 2.14. The van der Waals surface area contributed by atoms with Crippen molar-refractivity contribution in [3.8, 4) is 5.88 Å². The van der Waals surface area contributed by atoms with Crippen LogP contribution in [-0.2, 0) is 0 Å². The van der Waals surface area contributed by atoms with Gasteiger partial charge in [0.15, 0.2) is 5.69 Å². The Balaban J connectivity index is 1.94. The van der Waals surface area contributed by atoms with Crippen LogP contribution in [0.1, 0.15) is 15.9 Å². The number of aromatic nitrogens is 1. The summed E-state index contributed by atoms with van der Waals surface area (Å²) in [6.45, 7) is 1.89. The van der Waals surface area contributed by atoms with Crippen molar-refractivity contribution >= 4 is 44.1 Å². The number of H-pyrrole nitrogens is 1. The average Bonchev–Trinajstić information content (AvgIpc) is 2.88. The summed E-state index contributed by atoms with van der Waals surface area (Å²) in [7, 11) is 0. The van der Waals surface area contributed by atoms with E-state index in [0.29, 0.717) is 10.9 Å². The molecule has 1 aromatic heterocycles. The molecular formula is C16H11BrN4O4. The van der Waals surface area contributed by atoms with E-state index < -0.39 is 10.8 Å². The number of nitrogens with one attached hydrogen (secondary N) is 1. The second-order valence-corrected chi connectivity index (χ2v) is 6.15. The van der Waals surface area contributed by atoms with Crippen molar-refractivity contribution in [1.29, 1.82) is 0 Å². The summed E-state index contributed by atoms with van der Waals surface area (Å²) in [6.07, 6.45) is 0. The number of rotatable bonds is 3. The molecule has 2 aromatic carbocycles. The predicted molar refractivity (Wildman–Crippen MR) is 94.3 cm³/mol. The van der Waals surface area contributed by atoms with Crippen molar-refractivity contribution in [2.45, 2.75) is 6.92 Å². The molecule has 126 valence electrons. The van der Waals surface area contributed by atoms with E-state index in [1.54, 1.807) is 6.07 Å². The number of hydrogen-bond donors (Lipinski definition) is 2. The largest absolute Gasteiger partial charge is 0.493 e. The Labute approximate surface area is 149 Å². The van der Waals surface area contributed by atoms with Crippen LogP contribution in [0.25, 0.3) is 10.9 Å². The third-order valence-corrected chi connectivity index (χ3v) is 4.15. The Kier molecular flexibility index (Phi) is 4.32. The Morgan fingerprint density at radius 2 is 1.96 bits per heavy atom. The number of non-ortho nitro benzene ring substituents is 1. The van der Waals surface area contributed by atoms with Crippen LogP contribution < -0.4 is 0 Å². The summed E-state index contributed by atoms with van der Waals surface area (Å²) in [5.74, 6) is -0.878. The molecule has 3 rings (SSSR count). The molecule has 3 aromatic rings. The van der Waals surface area contributed by atoms with Gasteiger partial charge >= 0.3 is 0 Å². The normalized spacial score (nSPS) is 11.3. The lowest BCUT2D eigenvalue weighted by molar-refractivity contribution is -0.384. The zero-order chi connectivity index (χ0) is 18.1. The summed E-state index contributed by atoms with van der Waals surface area (Å²) < 4.78 is 0.751. The second kappa shape index (κ2) is 6.44. The van der Waals surface area contributed by atoms with E-state index in [-0.39, 0.29) is 22.8 Å². The molecule has 25 heavy (non-hydrogen) atoms. The van der Waals surface area contributed by atoms with E-state index >= 15 is 0 Å². The van der Waals surface area contributed by atoms with Gasteiger partial charge in [-0.1, -0.05) is 0 Å². The number of benzene rings is 2. The van der Waals surface area contributed by atoms with E-state index in [0.717, 1.165) is 10.0 Å². The first-order chi connectivity index (χ1) is 11.9. The smallest absolute Gasteiger partial charge is 0.295 e. The van der Waals surface area contributed by atoms with E-state index in [4.69, 9.17) is 0 Å². The monoisotopic (exact) mass is 402 g/mol. The maximum atomic E-state index is 12.1. The van der Waals surface area contributed by atoms with Crippen LogP contribution in [-0.4, -0.2) is 20.9 Å². The van der Waals surface area contributed by atoms with E-state index in [1.165, 1.54) is 24.3 Å². The molecule has 0 radical (unpaired) electrons. The van der Waals surface area contributed by atoms with Gasteiger partial charge in [0.05, 0.1) is 10.4 Å². The summed E-state index contributed by atoms with van der Waals surface area (Å²) in [5.41, 5.74) is 1.76. The van der Waals surface area contributed by atoms with E-state index in [2.05, 4.69) is 31.1 Å². The molecule has 2 N–H and O–H groups in total. The molecule has 0 aliphatic rings. The van der Waals surface area contributed by atoms with Gasteiger partial charge in [-0.15, -0.1) is 10.2 Å². The molecule has 0 bridgehead atoms. The molecule has 0 atom stereocenters. The minimum absolute atomic E-state index is 0.122. The molecule has 1 amide bonds. The number of hydrogen-bond acceptors (Lipinski definition) is 5. The maximum absolute atomic E-state index is 12.1. The molecule has 0 spiro atoms. The predicted octanol–water partition coefficient (Wildman–Crippen LogP) is 4.78. The fraction of sp³-hybridized carbons (Fsp3) is 0.0625. The zero-order valence-electron chi connectivity index (χ0n) is 12.9. The minimum atomic E-state index is -0.671. The Hall–Kier alpha value is -3.07. The van der Waals surface area contributed by atoms with Crippen molar-refractivity contribution in [2.24, 2.45) is 10.2 Å². The molecule has 0 fully saturated rings. The van der Waals surface area contributed by atoms with Gasteiger partial charge in [0.1, 0.15) is 0 Å². The molecule has 9 heteroatoms. The fourth-order valence-corrected chi connectivity index (χ4v) is 3.02. The second-order valence-electron chi connectivity index (χ2n) is 5.30. The molecule has 0 aliphatic heterocycles. The van der Waals surface area contributed by atoms with Crippen molar-refractivity contribution < 1.29 is 14.8 Å². The number of nitro benzene ring substituents is 1. The lowest BCUT2D eigenvalue weighted by Gasteiger charge is -1.98. The number of aromatic amines is 1. The van der Waals surface area contributed by atoms with Crippen molar-refractivity contribution in [2.75, 3.05) is 0 Å². The zero-order valence-corrected chi connectivity index (χ0v) is 14.4. The SMILES string of the molecule is Cc1cc(Br)c2[nH]c(O)c(N=NC(=O)c3ccc([N+](=O)[O-])cc3)c2c1.